The van der Waals surface area contributed by atoms with Gasteiger partial charge in [-0.15, -0.1) is 0 Å². The SMILES string of the molecule is COC(=O)c1ccc2c(C(=Nc3ccc(N(CCN(C)C)S(=O)(=O)C(C)C)cc3)c3ccccc3)c(O)[nH]c2c1. The van der Waals surface area contributed by atoms with Crippen molar-refractivity contribution in [3.8, 4) is 5.88 Å². The maximum atomic E-state index is 13.1. The van der Waals surface area contributed by atoms with Crippen LogP contribution in [0.5, 0.6) is 5.88 Å². The van der Waals surface area contributed by atoms with Crippen LogP contribution in [0.1, 0.15) is 35.3 Å². The molecule has 0 atom stereocenters. The van der Waals surface area contributed by atoms with E-state index in [1.54, 1.807) is 56.3 Å². The number of carbonyl (C=O) groups is 1. The first-order valence-electron chi connectivity index (χ1n) is 12.9. The quantitative estimate of drug-likeness (QED) is 0.209. The summed E-state index contributed by atoms with van der Waals surface area (Å²) in [4.78, 5) is 21.8. The van der Waals surface area contributed by atoms with Crippen LogP contribution in [0, 0.1) is 0 Å². The Morgan fingerprint density at radius 1 is 0.975 bits per heavy atom. The van der Waals surface area contributed by atoms with Gasteiger partial charge in [0.15, 0.2) is 5.88 Å². The number of H-pyrrole nitrogens is 1. The molecule has 0 unspecified atom stereocenters. The highest BCUT2D eigenvalue weighted by Crippen LogP contribution is 2.33. The van der Waals surface area contributed by atoms with Gasteiger partial charge in [0.1, 0.15) is 0 Å². The Morgan fingerprint density at radius 2 is 1.65 bits per heavy atom. The molecule has 2 N–H and O–H groups in total. The Kier molecular flexibility index (Phi) is 8.61. The second-order valence-corrected chi connectivity index (χ2v) is 12.3. The average Bonchev–Trinajstić information content (AvgIpc) is 3.26. The number of rotatable bonds is 10. The number of nitrogens with one attached hydrogen (secondary N) is 1. The van der Waals surface area contributed by atoms with Crippen molar-refractivity contribution < 1.29 is 23.1 Å². The Morgan fingerprint density at radius 3 is 2.25 bits per heavy atom. The number of aliphatic imine (C=N–C) groups is 1. The lowest BCUT2D eigenvalue weighted by Gasteiger charge is -2.27. The number of likely N-dealkylation sites (N-methyl/N-ethyl adjacent to an activating group) is 1. The van der Waals surface area contributed by atoms with Gasteiger partial charge in [0.25, 0.3) is 0 Å². The zero-order chi connectivity index (χ0) is 29.0. The Bertz CT molecular complexity index is 1630. The first kappa shape index (κ1) is 28.8. The summed E-state index contributed by atoms with van der Waals surface area (Å²) in [5.74, 6) is -0.567. The number of methoxy groups -OCH3 is 1. The second-order valence-electron chi connectivity index (χ2n) is 9.91. The smallest absolute Gasteiger partial charge is 0.337 e. The largest absolute Gasteiger partial charge is 0.494 e. The van der Waals surface area contributed by atoms with Crippen LogP contribution in [-0.4, -0.2) is 74.6 Å². The summed E-state index contributed by atoms with van der Waals surface area (Å²) in [7, 11) is 1.58. The Labute approximate surface area is 234 Å². The number of esters is 1. The fourth-order valence-electron chi connectivity index (χ4n) is 4.30. The van der Waals surface area contributed by atoms with Crippen LogP contribution < -0.4 is 4.31 Å². The summed E-state index contributed by atoms with van der Waals surface area (Å²) in [5.41, 5.74) is 3.82. The Hall–Kier alpha value is -4.15. The molecule has 4 aromatic rings. The molecule has 10 heteroatoms. The molecule has 0 saturated heterocycles. The van der Waals surface area contributed by atoms with E-state index in [-0.39, 0.29) is 5.88 Å². The molecule has 9 nitrogen and oxygen atoms in total. The number of nitrogens with zero attached hydrogens (tertiary/aromatic N) is 3. The lowest BCUT2D eigenvalue weighted by molar-refractivity contribution is 0.0601. The monoisotopic (exact) mass is 562 g/mol. The van der Waals surface area contributed by atoms with Crippen molar-refractivity contribution in [1.29, 1.82) is 0 Å². The highest BCUT2D eigenvalue weighted by Gasteiger charge is 2.26. The molecule has 0 aliphatic heterocycles. The molecule has 3 aromatic carbocycles. The molecule has 0 radical (unpaired) electrons. The molecule has 0 spiro atoms. The number of anilines is 1. The summed E-state index contributed by atoms with van der Waals surface area (Å²) in [6.07, 6.45) is 0. The van der Waals surface area contributed by atoms with E-state index in [0.717, 1.165) is 5.56 Å². The molecule has 40 heavy (non-hydrogen) atoms. The highest BCUT2D eigenvalue weighted by molar-refractivity contribution is 7.93. The van der Waals surface area contributed by atoms with Crippen molar-refractivity contribution in [1.82, 2.24) is 9.88 Å². The van der Waals surface area contributed by atoms with Crippen LogP contribution >= 0.6 is 0 Å². The average molecular weight is 563 g/mol. The van der Waals surface area contributed by atoms with Crippen molar-refractivity contribution in [3.63, 3.8) is 0 Å². The summed E-state index contributed by atoms with van der Waals surface area (Å²) in [5, 5.41) is 11.1. The van der Waals surface area contributed by atoms with Gasteiger partial charge in [-0.05, 0) is 64.3 Å². The van der Waals surface area contributed by atoms with Crippen molar-refractivity contribution in [2.75, 3.05) is 38.6 Å². The molecule has 0 amide bonds. The number of carbonyl (C=O) groups excluding carboxylic acids is 1. The zero-order valence-electron chi connectivity index (χ0n) is 23.2. The third kappa shape index (κ3) is 6.03. The standard InChI is InChI=1S/C30H34N4O5S/c1-20(2)40(37,38)34(18-17-33(3)4)24-14-12-23(13-15-24)31-28(21-9-7-6-8-10-21)27-25-16-11-22(30(36)39-5)19-26(25)32-29(27)35/h6-16,19-20,32,35H,17-18H2,1-5H3. The number of fused-ring (bicyclic) bond motifs is 1. The summed E-state index contributed by atoms with van der Waals surface area (Å²) in [6.45, 7) is 4.24. The van der Waals surface area contributed by atoms with Gasteiger partial charge in [-0.2, -0.15) is 0 Å². The molecule has 4 rings (SSSR count). The van der Waals surface area contributed by atoms with Crippen LogP contribution in [0.25, 0.3) is 10.9 Å². The maximum Gasteiger partial charge on any atom is 0.337 e. The van der Waals surface area contributed by atoms with E-state index in [4.69, 9.17) is 9.73 Å². The molecule has 0 aliphatic carbocycles. The molecular formula is C30H34N4O5S. The third-order valence-electron chi connectivity index (χ3n) is 6.52. The molecule has 1 aromatic heterocycles. The van der Waals surface area contributed by atoms with E-state index >= 15 is 0 Å². The molecule has 0 bridgehead atoms. The molecule has 210 valence electrons. The number of aromatic amines is 1. The predicted molar refractivity (Wildman–Crippen MR) is 159 cm³/mol. The van der Waals surface area contributed by atoms with Gasteiger partial charge in [0.2, 0.25) is 10.0 Å². The number of hydrogen-bond donors (Lipinski definition) is 2. The number of aromatic nitrogens is 1. The van der Waals surface area contributed by atoms with Crippen LogP contribution in [0.3, 0.4) is 0 Å². The predicted octanol–water partition coefficient (Wildman–Crippen LogP) is 4.94. The van der Waals surface area contributed by atoms with Crippen molar-refractivity contribution in [2.45, 2.75) is 19.1 Å². The van der Waals surface area contributed by atoms with Gasteiger partial charge in [0.05, 0.1) is 40.6 Å². The number of aromatic hydroxyl groups is 1. The minimum atomic E-state index is -3.54. The number of benzene rings is 3. The fourth-order valence-corrected chi connectivity index (χ4v) is 5.56. The van der Waals surface area contributed by atoms with Gasteiger partial charge in [-0.25, -0.2) is 18.2 Å². The lowest BCUT2D eigenvalue weighted by Crippen LogP contribution is -2.40. The summed E-state index contributed by atoms with van der Waals surface area (Å²) >= 11 is 0. The van der Waals surface area contributed by atoms with Crippen molar-refractivity contribution in [2.24, 2.45) is 4.99 Å². The van der Waals surface area contributed by atoms with Gasteiger partial charge < -0.3 is 19.7 Å². The van der Waals surface area contributed by atoms with Crippen molar-refractivity contribution in [3.05, 3.63) is 89.5 Å². The molecule has 1 heterocycles. The van der Waals surface area contributed by atoms with Gasteiger partial charge in [-0.1, -0.05) is 36.4 Å². The number of ether oxygens (including phenoxy) is 1. The van der Waals surface area contributed by atoms with E-state index in [9.17, 15) is 18.3 Å². The highest BCUT2D eigenvalue weighted by atomic mass is 32.2. The molecule has 0 aliphatic rings. The van der Waals surface area contributed by atoms with E-state index in [1.807, 2.05) is 49.3 Å². The van der Waals surface area contributed by atoms with Crippen LogP contribution in [-0.2, 0) is 14.8 Å². The minimum absolute atomic E-state index is 0.0888. The van der Waals surface area contributed by atoms with Crippen molar-refractivity contribution >= 4 is 44.0 Å². The van der Waals surface area contributed by atoms with Gasteiger partial charge in [0, 0.05) is 29.6 Å². The van der Waals surface area contributed by atoms with E-state index in [2.05, 4.69) is 4.98 Å². The third-order valence-corrected chi connectivity index (χ3v) is 8.71. The number of hydrogen-bond acceptors (Lipinski definition) is 7. The topological polar surface area (TPSA) is 115 Å². The maximum absolute atomic E-state index is 13.1. The zero-order valence-corrected chi connectivity index (χ0v) is 24.1. The first-order chi connectivity index (χ1) is 19.0. The molecule has 0 saturated carbocycles. The first-order valence-corrected chi connectivity index (χ1v) is 14.4. The molecular weight excluding hydrogens is 528 g/mol. The van der Waals surface area contributed by atoms with Gasteiger partial charge >= 0.3 is 5.97 Å². The summed E-state index contributed by atoms with van der Waals surface area (Å²) in [6, 6.07) is 21.5. The molecule has 0 fully saturated rings. The van der Waals surface area contributed by atoms with Crippen LogP contribution in [0.15, 0.2) is 77.8 Å². The normalized spacial score (nSPS) is 12.3. The van der Waals surface area contributed by atoms with Crippen LogP contribution in [0.4, 0.5) is 11.4 Å². The van der Waals surface area contributed by atoms with E-state index in [1.165, 1.54) is 11.4 Å². The van der Waals surface area contributed by atoms with Gasteiger partial charge in [-0.3, -0.25) is 4.31 Å². The lowest BCUT2D eigenvalue weighted by atomic mass is 10.00. The number of sulfonamides is 1. The summed E-state index contributed by atoms with van der Waals surface area (Å²) < 4.78 is 32.5. The second kappa shape index (κ2) is 11.9. The Balaban J connectivity index is 1.80. The van der Waals surface area contributed by atoms with E-state index in [0.29, 0.717) is 52.2 Å². The fraction of sp³-hybridized carbons (Fsp3) is 0.267. The van der Waals surface area contributed by atoms with E-state index < -0.39 is 21.2 Å². The minimum Gasteiger partial charge on any atom is -0.494 e. The van der Waals surface area contributed by atoms with Crippen LogP contribution in [0.2, 0.25) is 0 Å².